The summed E-state index contributed by atoms with van der Waals surface area (Å²) in [6.07, 6.45) is 1.41. The molecule has 0 spiro atoms. The normalized spacial score (nSPS) is 15.0. The fourth-order valence-corrected chi connectivity index (χ4v) is 2.90. The van der Waals surface area contributed by atoms with E-state index in [4.69, 9.17) is 4.74 Å². The Balaban J connectivity index is 1.44. The quantitative estimate of drug-likeness (QED) is 0.793. The zero-order valence-electron chi connectivity index (χ0n) is 14.2. The number of rotatable bonds is 6. The van der Waals surface area contributed by atoms with Gasteiger partial charge in [-0.25, -0.2) is 0 Å². The second-order valence-electron chi connectivity index (χ2n) is 6.18. The summed E-state index contributed by atoms with van der Waals surface area (Å²) < 4.78 is 5.56. The lowest BCUT2D eigenvalue weighted by Crippen LogP contribution is -2.35. The molecular formula is C20H24N2O3. The maximum atomic E-state index is 12.2. The SMILES string of the molecule is O=C(NCCOc1ccccc1)c1ccc(N2CCC(O)CC2)cc1. The van der Waals surface area contributed by atoms with E-state index in [-0.39, 0.29) is 12.0 Å². The average Bonchev–Trinajstić information content (AvgIpc) is 2.67. The van der Waals surface area contributed by atoms with E-state index in [2.05, 4.69) is 10.2 Å². The van der Waals surface area contributed by atoms with Crippen molar-refractivity contribution in [2.75, 3.05) is 31.1 Å². The van der Waals surface area contributed by atoms with Gasteiger partial charge in [0.1, 0.15) is 12.4 Å². The molecule has 2 aromatic rings. The molecule has 0 unspecified atom stereocenters. The van der Waals surface area contributed by atoms with E-state index in [9.17, 15) is 9.90 Å². The number of piperidine rings is 1. The van der Waals surface area contributed by atoms with Crippen LogP contribution in [0.25, 0.3) is 0 Å². The number of hydrogen-bond acceptors (Lipinski definition) is 4. The Morgan fingerprint density at radius 1 is 1.08 bits per heavy atom. The molecule has 3 rings (SSSR count). The lowest BCUT2D eigenvalue weighted by Gasteiger charge is -2.31. The molecule has 1 heterocycles. The summed E-state index contributed by atoms with van der Waals surface area (Å²) in [6.45, 7) is 2.59. The highest BCUT2D eigenvalue weighted by molar-refractivity contribution is 5.94. The van der Waals surface area contributed by atoms with Crippen LogP contribution in [0, 0.1) is 0 Å². The summed E-state index contributed by atoms with van der Waals surface area (Å²) in [4.78, 5) is 14.4. The van der Waals surface area contributed by atoms with Crippen LogP contribution >= 0.6 is 0 Å². The van der Waals surface area contributed by atoms with Gasteiger partial charge >= 0.3 is 0 Å². The first-order chi connectivity index (χ1) is 12.2. The van der Waals surface area contributed by atoms with Gasteiger partial charge in [-0.3, -0.25) is 4.79 Å². The van der Waals surface area contributed by atoms with E-state index in [1.54, 1.807) is 0 Å². The minimum absolute atomic E-state index is 0.0997. The van der Waals surface area contributed by atoms with Gasteiger partial charge in [-0.1, -0.05) is 18.2 Å². The van der Waals surface area contributed by atoms with Crippen molar-refractivity contribution in [3.8, 4) is 5.75 Å². The molecule has 0 radical (unpaired) electrons. The first kappa shape index (κ1) is 17.3. The molecule has 132 valence electrons. The molecule has 0 aromatic heterocycles. The highest BCUT2D eigenvalue weighted by atomic mass is 16.5. The van der Waals surface area contributed by atoms with Crippen molar-refractivity contribution in [3.63, 3.8) is 0 Å². The standard InChI is InChI=1S/C20H24N2O3/c23-18-10-13-22(14-11-18)17-8-6-16(7-9-17)20(24)21-12-15-25-19-4-2-1-3-5-19/h1-9,18,23H,10-15H2,(H,21,24). The smallest absolute Gasteiger partial charge is 0.251 e. The molecule has 0 saturated carbocycles. The summed E-state index contributed by atoms with van der Waals surface area (Å²) in [5, 5.41) is 12.4. The molecule has 0 bridgehead atoms. The molecule has 5 heteroatoms. The van der Waals surface area contributed by atoms with Crippen LogP contribution in [0.15, 0.2) is 54.6 Å². The summed E-state index contributed by atoms with van der Waals surface area (Å²) >= 11 is 0. The number of ether oxygens (including phenoxy) is 1. The molecule has 25 heavy (non-hydrogen) atoms. The molecule has 1 amide bonds. The molecule has 1 saturated heterocycles. The molecule has 5 nitrogen and oxygen atoms in total. The Morgan fingerprint density at radius 2 is 1.76 bits per heavy atom. The molecule has 0 atom stereocenters. The van der Waals surface area contributed by atoms with Gasteiger partial charge in [0, 0.05) is 24.3 Å². The van der Waals surface area contributed by atoms with Crippen molar-refractivity contribution in [1.82, 2.24) is 5.32 Å². The average molecular weight is 340 g/mol. The number of aliphatic hydroxyl groups excluding tert-OH is 1. The van der Waals surface area contributed by atoms with Crippen LogP contribution < -0.4 is 15.0 Å². The van der Waals surface area contributed by atoms with E-state index < -0.39 is 0 Å². The second-order valence-corrected chi connectivity index (χ2v) is 6.18. The number of para-hydroxylation sites is 1. The van der Waals surface area contributed by atoms with Crippen molar-refractivity contribution in [1.29, 1.82) is 0 Å². The number of hydrogen-bond donors (Lipinski definition) is 2. The predicted molar refractivity (Wildman–Crippen MR) is 98.2 cm³/mol. The fraction of sp³-hybridized carbons (Fsp3) is 0.350. The molecular weight excluding hydrogens is 316 g/mol. The Bertz CT molecular complexity index is 665. The number of carbonyl (C=O) groups is 1. The van der Waals surface area contributed by atoms with Gasteiger partial charge in [0.05, 0.1) is 12.6 Å². The minimum Gasteiger partial charge on any atom is -0.492 e. The first-order valence-corrected chi connectivity index (χ1v) is 8.71. The number of carbonyl (C=O) groups excluding carboxylic acids is 1. The Labute approximate surface area is 148 Å². The van der Waals surface area contributed by atoms with Crippen LogP contribution in [0.2, 0.25) is 0 Å². The van der Waals surface area contributed by atoms with Gasteiger partial charge in [-0.15, -0.1) is 0 Å². The monoisotopic (exact) mass is 340 g/mol. The van der Waals surface area contributed by atoms with Crippen LogP contribution in [0.1, 0.15) is 23.2 Å². The summed E-state index contributed by atoms with van der Waals surface area (Å²) in [7, 11) is 0. The van der Waals surface area contributed by atoms with Gasteiger partial charge in [0.25, 0.3) is 5.91 Å². The Hall–Kier alpha value is -2.53. The molecule has 2 aromatic carbocycles. The largest absolute Gasteiger partial charge is 0.492 e. The molecule has 2 N–H and O–H groups in total. The summed E-state index contributed by atoms with van der Waals surface area (Å²) in [5.74, 6) is 0.699. The summed E-state index contributed by atoms with van der Waals surface area (Å²) in [6, 6.07) is 17.2. The van der Waals surface area contributed by atoms with E-state index in [0.29, 0.717) is 18.7 Å². The molecule has 0 aliphatic carbocycles. The van der Waals surface area contributed by atoms with Crippen LogP contribution in [-0.4, -0.2) is 43.4 Å². The molecule has 1 fully saturated rings. The number of benzene rings is 2. The van der Waals surface area contributed by atoms with Crippen LogP contribution in [0.5, 0.6) is 5.75 Å². The Kier molecular flexibility index (Phi) is 5.90. The topological polar surface area (TPSA) is 61.8 Å². The minimum atomic E-state index is -0.181. The van der Waals surface area contributed by atoms with E-state index in [1.807, 2.05) is 54.6 Å². The maximum Gasteiger partial charge on any atom is 0.251 e. The van der Waals surface area contributed by atoms with Crippen LogP contribution in [-0.2, 0) is 0 Å². The number of nitrogens with one attached hydrogen (secondary N) is 1. The summed E-state index contributed by atoms with van der Waals surface area (Å²) in [5.41, 5.74) is 1.73. The van der Waals surface area contributed by atoms with Gasteiger partial charge in [0.2, 0.25) is 0 Å². The highest BCUT2D eigenvalue weighted by Crippen LogP contribution is 2.20. The first-order valence-electron chi connectivity index (χ1n) is 8.71. The highest BCUT2D eigenvalue weighted by Gasteiger charge is 2.17. The second kappa shape index (κ2) is 8.53. The van der Waals surface area contributed by atoms with Crippen molar-refractivity contribution >= 4 is 11.6 Å². The van der Waals surface area contributed by atoms with E-state index in [1.165, 1.54) is 0 Å². The third-order valence-corrected chi connectivity index (χ3v) is 4.36. The third-order valence-electron chi connectivity index (χ3n) is 4.36. The van der Waals surface area contributed by atoms with Gasteiger partial charge in [0.15, 0.2) is 0 Å². The fourth-order valence-electron chi connectivity index (χ4n) is 2.90. The number of amides is 1. The van der Waals surface area contributed by atoms with Crippen LogP contribution in [0.3, 0.4) is 0 Å². The lowest BCUT2D eigenvalue weighted by molar-refractivity contribution is 0.0947. The van der Waals surface area contributed by atoms with Crippen molar-refractivity contribution in [2.24, 2.45) is 0 Å². The number of aliphatic hydroxyl groups is 1. The van der Waals surface area contributed by atoms with Gasteiger partial charge < -0.3 is 20.1 Å². The number of nitrogens with zero attached hydrogens (tertiary/aromatic N) is 1. The maximum absolute atomic E-state index is 12.2. The van der Waals surface area contributed by atoms with Crippen molar-refractivity contribution in [2.45, 2.75) is 18.9 Å². The molecule has 1 aliphatic rings. The van der Waals surface area contributed by atoms with Crippen LogP contribution in [0.4, 0.5) is 5.69 Å². The lowest BCUT2D eigenvalue weighted by atomic mass is 10.1. The van der Waals surface area contributed by atoms with E-state index >= 15 is 0 Å². The van der Waals surface area contributed by atoms with Crippen molar-refractivity contribution < 1.29 is 14.6 Å². The molecule has 1 aliphatic heterocycles. The predicted octanol–water partition coefficient (Wildman–Crippen LogP) is 2.46. The van der Waals surface area contributed by atoms with Crippen molar-refractivity contribution in [3.05, 3.63) is 60.2 Å². The number of anilines is 1. The Morgan fingerprint density at radius 3 is 2.44 bits per heavy atom. The third kappa shape index (κ3) is 4.97. The van der Waals surface area contributed by atoms with Gasteiger partial charge in [-0.2, -0.15) is 0 Å². The zero-order chi connectivity index (χ0) is 17.5. The van der Waals surface area contributed by atoms with Gasteiger partial charge in [-0.05, 0) is 49.2 Å². The zero-order valence-corrected chi connectivity index (χ0v) is 14.2. The van der Waals surface area contributed by atoms with E-state index in [0.717, 1.165) is 37.4 Å².